The monoisotopic (exact) mass is 280 g/mol. The molecule has 20 heavy (non-hydrogen) atoms. The normalized spacial score (nSPS) is 19.2. The number of esters is 1. The third kappa shape index (κ3) is 3.84. The first-order valence-corrected chi connectivity index (χ1v) is 7.36. The van der Waals surface area contributed by atoms with Crippen molar-refractivity contribution in [1.29, 1.82) is 0 Å². The number of methoxy groups -OCH3 is 1. The van der Waals surface area contributed by atoms with Crippen molar-refractivity contribution in [3.8, 4) is 0 Å². The average molecular weight is 280 g/mol. The number of carbonyl (C=O) groups is 1. The highest BCUT2D eigenvalue weighted by molar-refractivity contribution is 5.86. The van der Waals surface area contributed by atoms with Crippen LogP contribution in [0.15, 0.2) is 16.5 Å². The summed E-state index contributed by atoms with van der Waals surface area (Å²) < 4.78 is 10.2. The molecule has 5 nitrogen and oxygen atoms in total. The number of rotatable bonds is 6. The van der Waals surface area contributed by atoms with Crippen LogP contribution >= 0.6 is 0 Å². The van der Waals surface area contributed by atoms with E-state index in [1.54, 1.807) is 6.07 Å². The van der Waals surface area contributed by atoms with Crippen molar-refractivity contribution in [2.45, 2.75) is 38.8 Å². The van der Waals surface area contributed by atoms with Gasteiger partial charge in [-0.05, 0) is 44.5 Å². The SMILES string of the molecule is CCCN(Cc1ccc(C(=O)OC)o1)C1CCCNC1. The van der Waals surface area contributed by atoms with Crippen molar-refractivity contribution in [3.63, 3.8) is 0 Å². The standard InChI is InChI=1S/C15H24N2O3/c1-3-9-17(12-5-4-8-16-10-12)11-13-6-7-14(20-13)15(18)19-2/h6-7,12,16H,3-5,8-11H2,1-2H3. The highest BCUT2D eigenvalue weighted by Gasteiger charge is 2.22. The summed E-state index contributed by atoms with van der Waals surface area (Å²) in [4.78, 5) is 13.8. The van der Waals surface area contributed by atoms with E-state index in [1.165, 1.54) is 20.0 Å². The first kappa shape index (κ1) is 15.1. The molecule has 1 aliphatic heterocycles. The van der Waals surface area contributed by atoms with Crippen LogP contribution in [0.25, 0.3) is 0 Å². The van der Waals surface area contributed by atoms with Crippen LogP contribution in [-0.4, -0.2) is 43.7 Å². The summed E-state index contributed by atoms with van der Waals surface area (Å²) in [5.41, 5.74) is 0. The maximum absolute atomic E-state index is 11.4. The summed E-state index contributed by atoms with van der Waals surface area (Å²) in [6.45, 7) is 6.12. The van der Waals surface area contributed by atoms with Gasteiger partial charge >= 0.3 is 5.97 Å². The molecule has 1 aromatic rings. The molecule has 1 saturated heterocycles. The largest absolute Gasteiger partial charge is 0.463 e. The third-order valence-electron chi connectivity index (χ3n) is 3.71. The lowest BCUT2D eigenvalue weighted by Gasteiger charge is -2.33. The lowest BCUT2D eigenvalue weighted by atomic mass is 10.1. The Morgan fingerprint density at radius 3 is 3.05 bits per heavy atom. The molecular formula is C15H24N2O3. The second-order valence-electron chi connectivity index (χ2n) is 5.23. The van der Waals surface area contributed by atoms with Crippen molar-refractivity contribution in [2.24, 2.45) is 0 Å². The quantitative estimate of drug-likeness (QED) is 0.808. The van der Waals surface area contributed by atoms with Gasteiger partial charge in [0.15, 0.2) is 0 Å². The Kier molecular flexibility index (Phi) is 5.61. The average Bonchev–Trinajstić information content (AvgIpc) is 2.95. The number of carbonyl (C=O) groups excluding carboxylic acids is 1. The molecule has 1 N–H and O–H groups in total. The minimum atomic E-state index is -0.419. The molecule has 0 saturated carbocycles. The maximum atomic E-state index is 11.4. The zero-order valence-corrected chi connectivity index (χ0v) is 12.4. The smallest absolute Gasteiger partial charge is 0.373 e. The van der Waals surface area contributed by atoms with Crippen LogP contribution in [0.1, 0.15) is 42.5 Å². The van der Waals surface area contributed by atoms with E-state index in [4.69, 9.17) is 4.42 Å². The van der Waals surface area contributed by atoms with E-state index in [1.807, 2.05) is 6.07 Å². The third-order valence-corrected chi connectivity index (χ3v) is 3.71. The zero-order chi connectivity index (χ0) is 14.4. The summed E-state index contributed by atoms with van der Waals surface area (Å²) in [5, 5.41) is 3.45. The summed E-state index contributed by atoms with van der Waals surface area (Å²) in [6, 6.07) is 4.10. The van der Waals surface area contributed by atoms with E-state index in [0.29, 0.717) is 6.04 Å². The topological polar surface area (TPSA) is 54.7 Å². The van der Waals surface area contributed by atoms with E-state index in [-0.39, 0.29) is 5.76 Å². The number of furan rings is 1. The van der Waals surface area contributed by atoms with Gasteiger partial charge in [-0.2, -0.15) is 0 Å². The van der Waals surface area contributed by atoms with Gasteiger partial charge in [0.2, 0.25) is 5.76 Å². The van der Waals surface area contributed by atoms with Crippen molar-refractivity contribution in [1.82, 2.24) is 10.2 Å². The number of hydrogen-bond donors (Lipinski definition) is 1. The fourth-order valence-electron chi connectivity index (χ4n) is 2.70. The molecule has 1 aliphatic rings. The molecule has 5 heteroatoms. The van der Waals surface area contributed by atoms with Gasteiger partial charge in [0, 0.05) is 12.6 Å². The molecule has 1 aromatic heterocycles. The van der Waals surface area contributed by atoms with Gasteiger partial charge in [-0.25, -0.2) is 4.79 Å². The Labute approximate surface area is 120 Å². The van der Waals surface area contributed by atoms with Crippen LogP contribution in [0.2, 0.25) is 0 Å². The molecule has 0 radical (unpaired) electrons. The van der Waals surface area contributed by atoms with E-state index in [2.05, 4.69) is 21.9 Å². The van der Waals surface area contributed by atoms with E-state index in [9.17, 15) is 4.79 Å². The summed E-state index contributed by atoms with van der Waals surface area (Å²) in [7, 11) is 1.36. The van der Waals surface area contributed by atoms with Crippen molar-refractivity contribution in [2.75, 3.05) is 26.7 Å². The number of ether oxygens (including phenoxy) is 1. The van der Waals surface area contributed by atoms with Gasteiger partial charge in [0.1, 0.15) is 5.76 Å². The van der Waals surface area contributed by atoms with E-state index in [0.717, 1.165) is 38.4 Å². The van der Waals surface area contributed by atoms with Crippen molar-refractivity contribution in [3.05, 3.63) is 23.7 Å². The zero-order valence-electron chi connectivity index (χ0n) is 12.4. The van der Waals surface area contributed by atoms with Crippen LogP contribution in [0.4, 0.5) is 0 Å². The minimum Gasteiger partial charge on any atom is -0.463 e. The lowest BCUT2D eigenvalue weighted by molar-refractivity contribution is 0.0559. The number of hydrogen-bond acceptors (Lipinski definition) is 5. The predicted octanol–water partition coefficient (Wildman–Crippen LogP) is 2.03. The molecule has 0 aliphatic carbocycles. The van der Waals surface area contributed by atoms with Crippen molar-refractivity contribution < 1.29 is 13.9 Å². The van der Waals surface area contributed by atoms with E-state index < -0.39 is 5.97 Å². The van der Waals surface area contributed by atoms with Crippen LogP contribution in [0.5, 0.6) is 0 Å². The predicted molar refractivity (Wildman–Crippen MR) is 76.6 cm³/mol. The first-order valence-electron chi connectivity index (χ1n) is 7.36. The van der Waals surface area contributed by atoms with Gasteiger partial charge in [0.25, 0.3) is 0 Å². The Balaban J connectivity index is 1.99. The first-order chi connectivity index (χ1) is 9.74. The van der Waals surface area contributed by atoms with Crippen LogP contribution < -0.4 is 5.32 Å². The molecule has 2 rings (SSSR count). The maximum Gasteiger partial charge on any atom is 0.373 e. The molecule has 1 fully saturated rings. The Morgan fingerprint density at radius 2 is 2.40 bits per heavy atom. The van der Waals surface area contributed by atoms with E-state index >= 15 is 0 Å². The molecule has 1 atom stereocenters. The number of piperidine rings is 1. The van der Waals surface area contributed by atoms with Gasteiger partial charge in [-0.3, -0.25) is 4.90 Å². The molecule has 112 valence electrons. The molecule has 0 spiro atoms. The highest BCUT2D eigenvalue weighted by atomic mass is 16.5. The second kappa shape index (κ2) is 7.45. The lowest BCUT2D eigenvalue weighted by Crippen LogP contribution is -2.45. The Hall–Kier alpha value is -1.33. The fourth-order valence-corrected chi connectivity index (χ4v) is 2.70. The number of nitrogens with one attached hydrogen (secondary N) is 1. The van der Waals surface area contributed by atoms with Gasteiger partial charge < -0.3 is 14.5 Å². The molecule has 0 aromatic carbocycles. The highest BCUT2D eigenvalue weighted by Crippen LogP contribution is 2.17. The summed E-state index contributed by atoms with van der Waals surface area (Å²) in [5.74, 6) is 0.683. The molecule has 0 amide bonds. The van der Waals surface area contributed by atoms with Gasteiger partial charge in [-0.1, -0.05) is 6.92 Å². The number of nitrogens with zero attached hydrogens (tertiary/aromatic N) is 1. The minimum absolute atomic E-state index is 0.278. The molecule has 2 heterocycles. The van der Waals surface area contributed by atoms with Crippen LogP contribution in [0.3, 0.4) is 0 Å². The van der Waals surface area contributed by atoms with Crippen LogP contribution in [-0.2, 0) is 11.3 Å². The fraction of sp³-hybridized carbons (Fsp3) is 0.667. The summed E-state index contributed by atoms with van der Waals surface area (Å²) in [6.07, 6.45) is 3.55. The summed E-state index contributed by atoms with van der Waals surface area (Å²) >= 11 is 0. The van der Waals surface area contributed by atoms with Crippen molar-refractivity contribution >= 4 is 5.97 Å². The van der Waals surface area contributed by atoms with Gasteiger partial charge in [-0.15, -0.1) is 0 Å². The molecule has 0 bridgehead atoms. The Morgan fingerprint density at radius 1 is 1.55 bits per heavy atom. The second-order valence-corrected chi connectivity index (χ2v) is 5.23. The van der Waals surface area contributed by atoms with Gasteiger partial charge in [0.05, 0.1) is 13.7 Å². The van der Waals surface area contributed by atoms with Crippen LogP contribution in [0, 0.1) is 0 Å². The molecular weight excluding hydrogens is 256 g/mol. The Bertz CT molecular complexity index is 425. The molecule has 1 unspecified atom stereocenters.